The predicted octanol–water partition coefficient (Wildman–Crippen LogP) is 4.04. The molecule has 2 aromatic carbocycles. The van der Waals surface area contributed by atoms with Gasteiger partial charge >= 0.3 is 0 Å². The smallest absolute Gasteiger partial charge is 0.259 e. The second kappa shape index (κ2) is 6.90. The molecule has 3 rings (SSSR count). The van der Waals surface area contributed by atoms with E-state index < -0.39 is 5.91 Å². The van der Waals surface area contributed by atoms with Crippen LogP contribution in [0.2, 0.25) is 10.0 Å². The van der Waals surface area contributed by atoms with Crippen LogP contribution in [0.3, 0.4) is 0 Å². The fourth-order valence-electron chi connectivity index (χ4n) is 2.13. The van der Waals surface area contributed by atoms with Crippen molar-refractivity contribution in [1.82, 2.24) is 15.2 Å². The number of benzene rings is 2. The van der Waals surface area contributed by atoms with Gasteiger partial charge < -0.3 is 4.74 Å². The van der Waals surface area contributed by atoms with Gasteiger partial charge in [0.15, 0.2) is 5.82 Å². The summed E-state index contributed by atoms with van der Waals surface area (Å²) in [6.07, 6.45) is 0. The number of nitrogens with zero attached hydrogens (tertiary/aromatic N) is 2. The first kappa shape index (κ1) is 16.3. The number of ether oxygens (including phenoxy) is 1. The van der Waals surface area contributed by atoms with E-state index in [1.165, 1.54) is 0 Å². The van der Waals surface area contributed by atoms with E-state index in [1.807, 2.05) is 24.3 Å². The molecule has 122 valence electrons. The summed E-state index contributed by atoms with van der Waals surface area (Å²) in [5.41, 5.74) is 0.974. The standard InChI is InChI=1S/C16H12Cl2N4O2/c1-24-12-8-3-2-5-9(12)14-19-16(22-21-14)20-15(23)10-6-4-7-11(17)13(10)18/h2-8H,1H3,(H2,19,20,21,22,23). The number of carbonyl (C=O) groups is 1. The highest BCUT2D eigenvalue weighted by Gasteiger charge is 2.16. The molecule has 0 unspecified atom stereocenters. The molecule has 0 aliphatic heterocycles. The van der Waals surface area contributed by atoms with Gasteiger partial charge in [-0.3, -0.25) is 15.2 Å². The second-order valence-corrected chi connectivity index (χ2v) is 5.55. The van der Waals surface area contributed by atoms with Crippen LogP contribution in [0.15, 0.2) is 42.5 Å². The average molecular weight is 363 g/mol. The summed E-state index contributed by atoms with van der Waals surface area (Å²) >= 11 is 12.0. The van der Waals surface area contributed by atoms with Gasteiger partial charge in [-0.25, -0.2) is 0 Å². The van der Waals surface area contributed by atoms with Gasteiger partial charge in [0, 0.05) is 0 Å². The number of amides is 1. The lowest BCUT2D eigenvalue weighted by Crippen LogP contribution is -2.13. The maximum Gasteiger partial charge on any atom is 0.259 e. The van der Waals surface area contributed by atoms with Crippen molar-refractivity contribution in [3.63, 3.8) is 0 Å². The zero-order valence-electron chi connectivity index (χ0n) is 12.5. The highest BCUT2D eigenvalue weighted by molar-refractivity contribution is 6.44. The number of aromatic amines is 1. The first-order valence-electron chi connectivity index (χ1n) is 6.91. The molecule has 2 N–H and O–H groups in total. The number of rotatable bonds is 4. The molecule has 24 heavy (non-hydrogen) atoms. The minimum absolute atomic E-state index is 0.122. The fraction of sp³-hybridized carbons (Fsp3) is 0.0625. The number of carbonyl (C=O) groups excluding carboxylic acids is 1. The molecule has 0 atom stereocenters. The van der Waals surface area contributed by atoms with E-state index in [2.05, 4.69) is 20.5 Å². The van der Waals surface area contributed by atoms with Gasteiger partial charge in [0.2, 0.25) is 5.95 Å². The van der Waals surface area contributed by atoms with Crippen LogP contribution < -0.4 is 10.1 Å². The molecule has 0 saturated heterocycles. The van der Waals surface area contributed by atoms with E-state index in [0.717, 1.165) is 5.56 Å². The molecule has 1 aromatic heterocycles. The first-order chi connectivity index (χ1) is 11.6. The minimum atomic E-state index is -0.451. The molecule has 0 spiro atoms. The summed E-state index contributed by atoms with van der Waals surface area (Å²) < 4.78 is 5.28. The zero-order valence-corrected chi connectivity index (χ0v) is 14.0. The van der Waals surface area contributed by atoms with Crippen LogP contribution in [0.4, 0.5) is 5.95 Å². The van der Waals surface area contributed by atoms with E-state index in [4.69, 9.17) is 27.9 Å². The summed E-state index contributed by atoms with van der Waals surface area (Å²) in [6, 6.07) is 12.2. The van der Waals surface area contributed by atoms with Crippen molar-refractivity contribution >= 4 is 35.1 Å². The van der Waals surface area contributed by atoms with E-state index in [-0.39, 0.29) is 16.5 Å². The number of methoxy groups -OCH3 is 1. The Bertz CT molecular complexity index is 895. The second-order valence-electron chi connectivity index (χ2n) is 4.76. The minimum Gasteiger partial charge on any atom is -0.496 e. The number of H-pyrrole nitrogens is 1. The summed E-state index contributed by atoms with van der Waals surface area (Å²) in [6.45, 7) is 0. The molecular weight excluding hydrogens is 351 g/mol. The zero-order chi connectivity index (χ0) is 17.1. The Morgan fingerprint density at radius 2 is 1.96 bits per heavy atom. The summed E-state index contributed by atoms with van der Waals surface area (Å²) in [5.74, 6) is 0.786. The number of nitrogens with one attached hydrogen (secondary N) is 2. The number of para-hydroxylation sites is 1. The number of hydrogen-bond donors (Lipinski definition) is 2. The third kappa shape index (κ3) is 3.20. The van der Waals surface area contributed by atoms with Crippen molar-refractivity contribution in [3.05, 3.63) is 58.1 Å². The number of halogens is 2. The molecule has 0 radical (unpaired) electrons. The van der Waals surface area contributed by atoms with Crippen molar-refractivity contribution in [3.8, 4) is 17.1 Å². The molecule has 0 bridgehead atoms. The Hall–Kier alpha value is -2.57. The van der Waals surface area contributed by atoms with Crippen LogP contribution in [0.1, 0.15) is 10.4 Å². The topological polar surface area (TPSA) is 79.9 Å². The number of anilines is 1. The Morgan fingerprint density at radius 3 is 2.75 bits per heavy atom. The maximum absolute atomic E-state index is 12.3. The monoisotopic (exact) mass is 362 g/mol. The SMILES string of the molecule is COc1ccccc1-c1nc(NC(=O)c2cccc(Cl)c2Cl)n[nH]1. The van der Waals surface area contributed by atoms with Crippen molar-refractivity contribution in [2.45, 2.75) is 0 Å². The van der Waals surface area contributed by atoms with Gasteiger partial charge in [-0.15, -0.1) is 5.10 Å². The predicted molar refractivity (Wildman–Crippen MR) is 92.8 cm³/mol. The molecule has 1 amide bonds. The van der Waals surface area contributed by atoms with Crippen LogP contribution in [-0.4, -0.2) is 28.2 Å². The molecule has 0 saturated carbocycles. The average Bonchev–Trinajstić information content (AvgIpc) is 3.05. The van der Waals surface area contributed by atoms with Gasteiger partial charge in [-0.1, -0.05) is 41.4 Å². The molecular formula is C16H12Cl2N4O2. The highest BCUT2D eigenvalue weighted by Crippen LogP contribution is 2.28. The van der Waals surface area contributed by atoms with Crippen LogP contribution in [0.25, 0.3) is 11.4 Å². The third-order valence-electron chi connectivity index (χ3n) is 3.27. The van der Waals surface area contributed by atoms with Crippen molar-refractivity contribution in [2.75, 3.05) is 12.4 Å². The van der Waals surface area contributed by atoms with Gasteiger partial charge in [0.1, 0.15) is 5.75 Å². The first-order valence-corrected chi connectivity index (χ1v) is 7.67. The Kier molecular flexibility index (Phi) is 4.69. The third-order valence-corrected chi connectivity index (χ3v) is 4.09. The molecule has 6 nitrogen and oxygen atoms in total. The number of hydrogen-bond acceptors (Lipinski definition) is 4. The molecule has 0 aliphatic rings. The lowest BCUT2D eigenvalue weighted by molar-refractivity contribution is 0.102. The maximum atomic E-state index is 12.3. The van der Waals surface area contributed by atoms with E-state index in [0.29, 0.717) is 16.6 Å². The highest BCUT2D eigenvalue weighted by atomic mass is 35.5. The van der Waals surface area contributed by atoms with E-state index >= 15 is 0 Å². The molecule has 3 aromatic rings. The van der Waals surface area contributed by atoms with Crippen molar-refractivity contribution < 1.29 is 9.53 Å². The Morgan fingerprint density at radius 1 is 1.17 bits per heavy atom. The van der Waals surface area contributed by atoms with Crippen molar-refractivity contribution in [1.29, 1.82) is 0 Å². The quantitative estimate of drug-likeness (QED) is 0.733. The van der Waals surface area contributed by atoms with Gasteiger partial charge in [0.05, 0.1) is 28.3 Å². The fourth-order valence-corrected chi connectivity index (χ4v) is 2.51. The van der Waals surface area contributed by atoms with Crippen LogP contribution in [-0.2, 0) is 0 Å². The normalized spacial score (nSPS) is 10.5. The largest absolute Gasteiger partial charge is 0.496 e. The van der Waals surface area contributed by atoms with E-state index in [1.54, 1.807) is 25.3 Å². The van der Waals surface area contributed by atoms with Gasteiger partial charge in [-0.2, -0.15) is 4.98 Å². The summed E-state index contributed by atoms with van der Waals surface area (Å²) in [7, 11) is 1.57. The van der Waals surface area contributed by atoms with Crippen LogP contribution in [0, 0.1) is 0 Å². The summed E-state index contributed by atoms with van der Waals surface area (Å²) in [4.78, 5) is 16.5. The molecule has 8 heteroatoms. The van der Waals surface area contributed by atoms with Crippen LogP contribution in [0.5, 0.6) is 5.75 Å². The Balaban J connectivity index is 1.84. The van der Waals surface area contributed by atoms with Crippen LogP contribution >= 0.6 is 23.2 Å². The number of aromatic nitrogens is 3. The Labute approximate surface area is 147 Å². The summed E-state index contributed by atoms with van der Waals surface area (Å²) in [5, 5.41) is 9.81. The molecule has 1 heterocycles. The van der Waals surface area contributed by atoms with Gasteiger partial charge in [-0.05, 0) is 24.3 Å². The lowest BCUT2D eigenvalue weighted by Gasteiger charge is -2.05. The molecule has 0 fully saturated rings. The van der Waals surface area contributed by atoms with Gasteiger partial charge in [0.25, 0.3) is 5.91 Å². The lowest BCUT2D eigenvalue weighted by atomic mass is 10.2. The molecule has 0 aliphatic carbocycles. The van der Waals surface area contributed by atoms with Crippen molar-refractivity contribution in [2.24, 2.45) is 0 Å². The van der Waals surface area contributed by atoms with E-state index in [9.17, 15) is 4.79 Å².